The number of urea groups is 1. The van der Waals surface area contributed by atoms with E-state index < -0.39 is 29.9 Å². The number of furan rings is 1. The number of hydrogen-bond donors (Lipinski definition) is 3. The Morgan fingerprint density at radius 3 is 2.69 bits per heavy atom. The van der Waals surface area contributed by atoms with E-state index in [0.29, 0.717) is 19.4 Å². The molecule has 2 heterocycles. The SMILES string of the molecule is COC(=O)CCCNC(=O)C1C(NC(=O)NC(C)C)CCN1C(=O)c1ccco1. The number of likely N-dealkylation sites (tertiary alicyclic amines) is 1. The summed E-state index contributed by atoms with van der Waals surface area (Å²) in [7, 11) is 1.30. The second-order valence-corrected chi connectivity index (χ2v) is 7.06. The Hall–Kier alpha value is -3.04. The number of nitrogens with one attached hydrogen (secondary N) is 3. The van der Waals surface area contributed by atoms with Crippen LogP contribution in [0.4, 0.5) is 4.79 Å². The molecule has 1 aliphatic heterocycles. The fourth-order valence-electron chi connectivity index (χ4n) is 3.16. The summed E-state index contributed by atoms with van der Waals surface area (Å²) in [6, 6.07) is 1.22. The molecule has 0 bridgehead atoms. The predicted molar refractivity (Wildman–Crippen MR) is 103 cm³/mol. The van der Waals surface area contributed by atoms with Gasteiger partial charge in [-0.05, 0) is 38.8 Å². The second-order valence-electron chi connectivity index (χ2n) is 7.06. The van der Waals surface area contributed by atoms with E-state index in [2.05, 4.69) is 20.7 Å². The standard InChI is InChI=1S/C19H28N4O6/c1-12(2)21-19(27)22-13-8-10-23(18(26)14-6-5-11-29-14)16(13)17(25)20-9-4-7-15(24)28-3/h5-6,11-13,16H,4,7-10H2,1-3H3,(H,20,25)(H2,21,22,27). The maximum Gasteiger partial charge on any atom is 0.315 e. The molecule has 2 atom stereocenters. The van der Waals surface area contributed by atoms with E-state index in [-0.39, 0.29) is 30.7 Å². The van der Waals surface area contributed by atoms with Gasteiger partial charge in [-0.25, -0.2) is 4.79 Å². The molecule has 0 aliphatic carbocycles. The molecule has 0 aromatic carbocycles. The monoisotopic (exact) mass is 408 g/mol. The van der Waals surface area contributed by atoms with Gasteiger partial charge in [0, 0.05) is 25.6 Å². The van der Waals surface area contributed by atoms with E-state index >= 15 is 0 Å². The van der Waals surface area contributed by atoms with E-state index in [9.17, 15) is 19.2 Å². The van der Waals surface area contributed by atoms with E-state index in [4.69, 9.17) is 4.42 Å². The number of amides is 4. The summed E-state index contributed by atoms with van der Waals surface area (Å²) in [5.74, 6) is -1.05. The number of carbonyl (C=O) groups excluding carboxylic acids is 4. The molecule has 29 heavy (non-hydrogen) atoms. The summed E-state index contributed by atoms with van der Waals surface area (Å²) in [4.78, 5) is 50.3. The number of ether oxygens (including phenoxy) is 1. The topological polar surface area (TPSA) is 130 Å². The minimum absolute atomic E-state index is 0.0668. The smallest absolute Gasteiger partial charge is 0.315 e. The number of carbonyl (C=O) groups is 4. The van der Waals surface area contributed by atoms with Gasteiger partial charge in [-0.15, -0.1) is 0 Å². The maximum atomic E-state index is 12.8. The average Bonchev–Trinajstić information content (AvgIpc) is 3.33. The van der Waals surface area contributed by atoms with Gasteiger partial charge in [0.1, 0.15) is 6.04 Å². The van der Waals surface area contributed by atoms with Crippen LogP contribution in [0.1, 0.15) is 43.7 Å². The lowest BCUT2D eigenvalue weighted by Gasteiger charge is -2.27. The van der Waals surface area contributed by atoms with Crippen molar-refractivity contribution in [2.24, 2.45) is 0 Å². The van der Waals surface area contributed by atoms with Gasteiger partial charge < -0.3 is 30.0 Å². The summed E-state index contributed by atoms with van der Waals surface area (Å²) in [6.07, 6.45) is 2.40. The molecule has 160 valence electrons. The zero-order valence-electron chi connectivity index (χ0n) is 16.9. The Bertz CT molecular complexity index is 718. The van der Waals surface area contributed by atoms with Gasteiger partial charge in [0.25, 0.3) is 5.91 Å². The third kappa shape index (κ3) is 6.23. The van der Waals surface area contributed by atoms with Gasteiger partial charge in [-0.2, -0.15) is 0 Å². The Morgan fingerprint density at radius 1 is 1.31 bits per heavy atom. The fourth-order valence-corrected chi connectivity index (χ4v) is 3.16. The first-order valence-corrected chi connectivity index (χ1v) is 9.59. The molecule has 10 nitrogen and oxygen atoms in total. The van der Waals surface area contributed by atoms with Crippen molar-refractivity contribution in [3.63, 3.8) is 0 Å². The van der Waals surface area contributed by atoms with Crippen molar-refractivity contribution in [2.75, 3.05) is 20.2 Å². The van der Waals surface area contributed by atoms with E-state index in [1.807, 2.05) is 13.8 Å². The highest BCUT2D eigenvalue weighted by molar-refractivity contribution is 5.96. The molecule has 0 radical (unpaired) electrons. The molecule has 1 aromatic heterocycles. The van der Waals surface area contributed by atoms with E-state index in [0.717, 1.165) is 0 Å². The largest absolute Gasteiger partial charge is 0.469 e. The highest BCUT2D eigenvalue weighted by Crippen LogP contribution is 2.21. The van der Waals surface area contributed by atoms with Crippen LogP contribution in [0.2, 0.25) is 0 Å². The van der Waals surface area contributed by atoms with Gasteiger partial charge in [0.2, 0.25) is 5.91 Å². The zero-order valence-corrected chi connectivity index (χ0v) is 16.9. The Balaban J connectivity index is 2.06. The van der Waals surface area contributed by atoms with Crippen molar-refractivity contribution in [2.45, 2.75) is 51.2 Å². The van der Waals surface area contributed by atoms with Crippen LogP contribution in [0.3, 0.4) is 0 Å². The minimum atomic E-state index is -0.886. The predicted octanol–water partition coefficient (Wildman–Crippen LogP) is 0.640. The average molecular weight is 408 g/mol. The zero-order chi connectivity index (χ0) is 21.4. The van der Waals surface area contributed by atoms with E-state index in [1.165, 1.54) is 24.3 Å². The minimum Gasteiger partial charge on any atom is -0.469 e. The van der Waals surface area contributed by atoms with Crippen molar-refractivity contribution in [3.05, 3.63) is 24.2 Å². The summed E-state index contributed by atoms with van der Waals surface area (Å²) in [6.45, 7) is 4.20. The van der Waals surface area contributed by atoms with Gasteiger partial charge in [0.05, 0.1) is 19.4 Å². The molecule has 3 N–H and O–H groups in total. The lowest BCUT2D eigenvalue weighted by atomic mass is 10.1. The molecule has 2 rings (SSSR count). The van der Waals surface area contributed by atoms with Crippen LogP contribution in [-0.4, -0.2) is 67.0 Å². The second kappa shape index (κ2) is 10.5. The molecule has 0 spiro atoms. The van der Waals surface area contributed by atoms with Crippen LogP contribution in [0.5, 0.6) is 0 Å². The number of esters is 1. The van der Waals surface area contributed by atoms with Crippen molar-refractivity contribution < 1.29 is 28.3 Å². The molecule has 1 aromatic rings. The summed E-state index contributed by atoms with van der Waals surface area (Å²) < 4.78 is 9.74. The third-order valence-electron chi connectivity index (χ3n) is 4.48. The quantitative estimate of drug-likeness (QED) is 0.427. The fraction of sp³-hybridized carbons (Fsp3) is 0.579. The first-order chi connectivity index (χ1) is 13.8. The normalized spacial score (nSPS) is 18.4. The number of nitrogens with zero attached hydrogens (tertiary/aromatic N) is 1. The molecule has 1 fully saturated rings. The molecule has 0 saturated carbocycles. The summed E-state index contributed by atoms with van der Waals surface area (Å²) >= 11 is 0. The van der Waals surface area contributed by atoms with Crippen molar-refractivity contribution in [3.8, 4) is 0 Å². The van der Waals surface area contributed by atoms with Crippen LogP contribution in [0, 0.1) is 0 Å². The Kier molecular flexibility index (Phi) is 8.05. The van der Waals surface area contributed by atoms with Gasteiger partial charge in [-0.1, -0.05) is 0 Å². The summed E-state index contributed by atoms with van der Waals surface area (Å²) in [5, 5.41) is 8.23. The van der Waals surface area contributed by atoms with Gasteiger partial charge in [0.15, 0.2) is 5.76 Å². The van der Waals surface area contributed by atoms with Gasteiger partial charge in [-0.3, -0.25) is 14.4 Å². The Morgan fingerprint density at radius 2 is 2.07 bits per heavy atom. The number of rotatable bonds is 8. The highest BCUT2D eigenvalue weighted by Gasteiger charge is 2.43. The molecule has 1 saturated heterocycles. The molecule has 4 amide bonds. The molecule has 10 heteroatoms. The van der Waals surface area contributed by atoms with Crippen LogP contribution in [-0.2, 0) is 14.3 Å². The first-order valence-electron chi connectivity index (χ1n) is 9.59. The lowest BCUT2D eigenvalue weighted by Crippen LogP contribution is -2.56. The van der Waals surface area contributed by atoms with Crippen molar-refractivity contribution in [1.82, 2.24) is 20.9 Å². The lowest BCUT2D eigenvalue weighted by molar-refractivity contribution is -0.140. The molecule has 1 aliphatic rings. The maximum absolute atomic E-state index is 12.8. The molecular weight excluding hydrogens is 380 g/mol. The van der Waals surface area contributed by atoms with Crippen LogP contribution < -0.4 is 16.0 Å². The van der Waals surface area contributed by atoms with Crippen LogP contribution in [0.15, 0.2) is 22.8 Å². The Labute approximate surface area is 169 Å². The number of hydrogen-bond acceptors (Lipinski definition) is 6. The molecular formula is C19H28N4O6. The van der Waals surface area contributed by atoms with Crippen LogP contribution >= 0.6 is 0 Å². The highest BCUT2D eigenvalue weighted by atomic mass is 16.5. The van der Waals surface area contributed by atoms with Crippen LogP contribution in [0.25, 0.3) is 0 Å². The van der Waals surface area contributed by atoms with Gasteiger partial charge >= 0.3 is 12.0 Å². The molecule has 2 unspecified atom stereocenters. The van der Waals surface area contributed by atoms with E-state index in [1.54, 1.807) is 6.07 Å². The first kappa shape index (κ1) is 22.3. The number of methoxy groups -OCH3 is 1. The summed E-state index contributed by atoms with van der Waals surface area (Å²) in [5.41, 5.74) is 0. The van der Waals surface area contributed by atoms with Crippen molar-refractivity contribution in [1.29, 1.82) is 0 Å². The van der Waals surface area contributed by atoms with Crippen molar-refractivity contribution >= 4 is 23.8 Å². The third-order valence-corrected chi connectivity index (χ3v) is 4.48.